The topological polar surface area (TPSA) is 66.5 Å². The van der Waals surface area contributed by atoms with E-state index in [-0.39, 0.29) is 16.7 Å². The summed E-state index contributed by atoms with van der Waals surface area (Å²) in [6.45, 7) is 1.63. The Labute approximate surface area is 131 Å². The Morgan fingerprint density at radius 3 is 2.43 bits per heavy atom. The number of hydrogen-bond acceptors (Lipinski definition) is 3. The molecule has 3 rings (SSSR count). The van der Waals surface area contributed by atoms with Crippen molar-refractivity contribution >= 4 is 23.4 Å². The monoisotopic (exact) mass is 312 g/mol. The Morgan fingerprint density at radius 1 is 1.04 bits per heavy atom. The number of halogens is 1. The van der Waals surface area contributed by atoms with Gasteiger partial charge in [0, 0.05) is 18.3 Å². The molecule has 1 heterocycles. The first-order valence-electron chi connectivity index (χ1n) is 6.92. The molecule has 0 bridgehead atoms. The Kier molecular flexibility index (Phi) is 3.44. The number of imide groups is 1. The lowest BCUT2D eigenvalue weighted by atomic mass is 10.1. The van der Waals surface area contributed by atoms with Gasteiger partial charge in [-0.05, 0) is 42.8 Å². The number of hydrogen-bond donors (Lipinski definition) is 1. The van der Waals surface area contributed by atoms with Gasteiger partial charge < -0.3 is 5.32 Å². The summed E-state index contributed by atoms with van der Waals surface area (Å²) in [5, 5.41) is 2.57. The van der Waals surface area contributed by atoms with Crippen LogP contribution in [0.5, 0.6) is 0 Å². The summed E-state index contributed by atoms with van der Waals surface area (Å²) in [6, 6.07) is 8.66. The van der Waals surface area contributed by atoms with Crippen molar-refractivity contribution in [3.8, 4) is 0 Å². The first kappa shape index (κ1) is 14.9. The number of carbonyl (C=O) groups excluding carboxylic acids is 3. The van der Waals surface area contributed by atoms with Gasteiger partial charge in [-0.2, -0.15) is 0 Å². The molecule has 1 aliphatic rings. The van der Waals surface area contributed by atoms with Crippen molar-refractivity contribution in [2.45, 2.75) is 6.92 Å². The smallest absolute Gasteiger partial charge is 0.261 e. The van der Waals surface area contributed by atoms with Gasteiger partial charge in [-0.3, -0.25) is 19.3 Å². The first-order valence-corrected chi connectivity index (χ1v) is 6.92. The van der Waals surface area contributed by atoms with Crippen LogP contribution in [0.25, 0.3) is 0 Å². The number of fused-ring (bicyclic) bond motifs is 1. The number of carbonyl (C=O) groups is 3. The van der Waals surface area contributed by atoms with Gasteiger partial charge in [-0.25, -0.2) is 4.39 Å². The summed E-state index contributed by atoms with van der Waals surface area (Å²) in [4.78, 5) is 37.0. The van der Waals surface area contributed by atoms with E-state index in [0.717, 1.165) is 4.90 Å². The van der Waals surface area contributed by atoms with Crippen LogP contribution in [0.15, 0.2) is 36.4 Å². The van der Waals surface area contributed by atoms with Crippen LogP contribution in [-0.4, -0.2) is 29.7 Å². The highest BCUT2D eigenvalue weighted by Crippen LogP contribution is 2.23. The van der Waals surface area contributed by atoms with Gasteiger partial charge in [0.25, 0.3) is 17.7 Å². The average Bonchev–Trinajstić information content (AvgIpc) is 2.75. The van der Waals surface area contributed by atoms with E-state index in [1.54, 1.807) is 19.1 Å². The maximum atomic E-state index is 13.5. The predicted molar refractivity (Wildman–Crippen MR) is 82.0 cm³/mol. The standard InChI is InChI=1S/C17H13FN2O3/c1-9-3-5-11(8-14(9)18)19-15(21)10-4-6-12-13(7-10)17(23)20(2)16(12)22/h3-8H,1-2H3,(H,19,21). The van der Waals surface area contributed by atoms with Gasteiger partial charge >= 0.3 is 0 Å². The summed E-state index contributed by atoms with van der Waals surface area (Å²) >= 11 is 0. The quantitative estimate of drug-likeness (QED) is 0.867. The fraction of sp³-hybridized carbons (Fsp3) is 0.118. The lowest BCUT2D eigenvalue weighted by Crippen LogP contribution is -2.24. The molecule has 0 fully saturated rings. The van der Waals surface area contributed by atoms with Crippen LogP contribution in [0.3, 0.4) is 0 Å². The van der Waals surface area contributed by atoms with Crippen LogP contribution < -0.4 is 5.32 Å². The number of nitrogens with zero attached hydrogens (tertiary/aromatic N) is 1. The molecule has 0 atom stereocenters. The van der Waals surface area contributed by atoms with Crippen molar-refractivity contribution < 1.29 is 18.8 Å². The van der Waals surface area contributed by atoms with Gasteiger partial charge in [0.15, 0.2) is 0 Å². The van der Waals surface area contributed by atoms with Gasteiger partial charge in [0.1, 0.15) is 5.82 Å². The third kappa shape index (κ3) is 2.48. The summed E-state index contributed by atoms with van der Waals surface area (Å²) in [5.41, 5.74) is 1.49. The molecule has 23 heavy (non-hydrogen) atoms. The lowest BCUT2D eigenvalue weighted by Gasteiger charge is -2.07. The minimum absolute atomic E-state index is 0.195. The number of rotatable bonds is 2. The fourth-order valence-electron chi connectivity index (χ4n) is 2.38. The molecule has 0 aliphatic carbocycles. The molecule has 1 N–H and O–H groups in total. The highest BCUT2D eigenvalue weighted by Gasteiger charge is 2.33. The molecular formula is C17H13FN2O3. The van der Waals surface area contributed by atoms with E-state index in [1.165, 1.54) is 31.3 Å². The summed E-state index contributed by atoms with van der Waals surface area (Å²) < 4.78 is 13.5. The van der Waals surface area contributed by atoms with E-state index in [4.69, 9.17) is 0 Å². The third-order valence-electron chi connectivity index (χ3n) is 3.78. The molecule has 116 valence electrons. The predicted octanol–water partition coefficient (Wildman–Crippen LogP) is 2.61. The first-order chi connectivity index (χ1) is 10.9. The van der Waals surface area contributed by atoms with E-state index >= 15 is 0 Å². The molecule has 3 amide bonds. The summed E-state index contributed by atoms with van der Waals surface area (Å²) in [5.74, 6) is -1.73. The zero-order valence-electron chi connectivity index (χ0n) is 12.5. The van der Waals surface area contributed by atoms with Gasteiger partial charge in [-0.1, -0.05) is 6.07 Å². The second-order valence-corrected chi connectivity index (χ2v) is 5.35. The molecule has 0 aromatic heterocycles. The molecular weight excluding hydrogens is 299 g/mol. The van der Waals surface area contributed by atoms with E-state index in [1.807, 2.05) is 0 Å². The molecule has 2 aromatic carbocycles. The summed E-state index contributed by atoms with van der Waals surface area (Å²) in [7, 11) is 1.39. The van der Waals surface area contributed by atoms with Gasteiger partial charge in [0.2, 0.25) is 0 Å². The highest BCUT2D eigenvalue weighted by atomic mass is 19.1. The zero-order chi connectivity index (χ0) is 16.7. The van der Waals surface area contributed by atoms with Crippen molar-refractivity contribution in [2.24, 2.45) is 0 Å². The Balaban J connectivity index is 1.88. The normalized spacial score (nSPS) is 13.3. The molecule has 0 unspecified atom stereocenters. The van der Waals surface area contributed by atoms with Crippen molar-refractivity contribution in [3.63, 3.8) is 0 Å². The molecule has 2 aromatic rings. The number of anilines is 1. The van der Waals surface area contributed by atoms with Crippen LogP contribution in [0.4, 0.5) is 10.1 Å². The van der Waals surface area contributed by atoms with E-state index < -0.39 is 23.5 Å². The largest absolute Gasteiger partial charge is 0.322 e. The van der Waals surface area contributed by atoms with E-state index in [2.05, 4.69) is 5.32 Å². The summed E-state index contributed by atoms with van der Waals surface area (Å²) in [6.07, 6.45) is 0. The number of amides is 3. The molecule has 1 aliphatic heterocycles. The second-order valence-electron chi connectivity index (χ2n) is 5.35. The van der Waals surface area contributed by atoms with Crippen LogP contribution in [0, 0.1) is 12.7 Å². The molecule has 0 saturated heterocycles. The number of aryl methyl sites for hydroxylation is 1. The van der Waals surface area contributed by atoms with Crippen molar-refractivity contribution in [3.05, 3.63) is 64.5 Å². The lowest BCUT2D eigenvalue weighted by molar-refractivity contribution is 0.0693. The fourth-order valence-corrected chi connectivity index (χ4v) is 2.38. The Hall–Kier alpha value is -3.02. The van der Waals surface area contributed by atoms with Gasteiger partial charge in [0.05, 0.1) is 11.1 Å². The van der Waals surface area contributed by atoms with Crippen LogP contribution in [0.1, 0.15) is 36.6 Å². The molecule has 0 radical (unpaired) electrons. The van der Waals surface area contributed by atoms with Crippen LogP contribution in [0.2, 0.25) is 0 Å². The maximum Gasteiger partial charge on any atom is 0.261 e. The molecule has 0 spiro atoms. The Bertz CT molecular complexity index is 861. The maximum absolute atomic E-state index is 13.5. The minimum atomic E-state index is -0.481. The van der Waals surface area contributed by atoms with Crippen molar-refractivity contribution in [2.75, 3.05) is 12.4 Å². The van der Waals surface area contributed by atoms with Crippen molar-refractivity contribution in [1.29, 1.82) is 0 Å². The molecule has 0 saturated carbocycles. The van der Waals surface area contributed by atoms with Crippen LogP contribution >= 0.6 is 0 Å². The van der Waals surface area contributed by atoms with Crippen LogP contribution in [-0.2, 0) is 0 Å². The van der Waals surface area contributed by atoms with E-state index in [9.17, 15) is 18.8 Å². The second kappa shape index (κ2) is 5.31. The third-order valence-corrected chi connectivity index (χ3v) is 3.78. The number of benzene rings is 2. The number of nitrogens with one attached hydrogen (secondary N) is 1. The highest BCUT2D eigenvalue weighted by molar-refractivity contribution is 6.22. The molecule has 5 nitrogen and oxygen atoms in total. The average molecular weight is 312 g/mol. The zero-order valence-corrected chi connectivity index (χ0v) is 12.5. The van der Waals surface area contributed by atoms with E-state index in [0.29, 0.717) is 11.3 Å². The Morgan fingerprint density at radius 2 is 1.74 bits per heavy atom. The SMILES string of the molecule is Cc1ccc(NC(=O)c2ccc3c(c2)C(=O)N(C)C3=O)cc1F. The minimum Gasteiger partial charge on any atom is -0.322 e. The molecule has 6 heteroatoms. The van der Waals surface area contributed by atoms with Gasteiger partial charge in [-0.15, -0.1) is 0 Å². The van der Waals surface area contributed by atoms with Crippen molar-refractivity contribution in [1.82, 2.24) is 4.90 Å².